The van der Waals surface area contributed by atoms with E-state index in [0.717, 1.165) is 12.8 Å². The van der Waals surface area contributed by atoms with Gasteiger partial charge < -0.3 is 0 Å². The molecule has 43 heavy (non-hydrogen) atoms. The Labute approximate surface area is 254 Å². The molecule has 0 amide bonds. The Morgan fingerprint density at radius 1 is 0.674 bits per heavy atom. The van der Waals surface area contributed by atoms with E-state index in [4.69, 9.17) is 0 Å². The lowest BCUT2D eigenvalue weighted by molar-refractivity contribution is 1.25. The van der Waals surface area contributed by atoms with Gasteiger partial charge in [-0.25, -0.2) is 0 Å². The molecule has 0 saturated carbocycles. The number of rotatable bonds is 5. The highest BCUT2D eigenvalue weighted by atomic mass is 14.2. The summed E-state index contributed by atoms with van der Waals surface area (Å²) >= 11 is 0. The Kier molecular flexibility index (Phi) is 7.19. The van der Waals surface area contributed by atoms with Crippen molar-refractivity contribution >= 4 is 45.3 Å². The highest BCUT2D eigenvalue weighted by Crippen LogP contribution is 2.35. The molecule has 0 aromatic heterocycles. The maximum Gasteiger partial charge on any atom is -0.00103 e. The van der Waals surface area contributed by atoms with Crippen molar-refractivity contribution in [3.8, 4) is 22.3 Å². The molecule has 0 saturated heterocycles. The van der Waals surface area contributed by atoms with Crippen molar-refractivity contribution in [2.24, 2.45) is 0 Å². The van der Waals surface area contributed by atoms with Crippen LogP contribution in [0.5, 0.6) is 0 Å². The van der Waals surface area contributed by atoms with Crippen molar-refractivity contribution in [1.29, 1.82) is 0 Å². The molecule has 7 rings (SSSR count). The van der Waals surface area contributed by atoms with E-state index in [0.29, 0.717) is 0 Å². The Bertz CT molecular complexity index is 2200. The van der Waals surface area contributed by atoms with Crippen molar-refractivity contribution in [3.05, 3.63) is 167 Å². The van der Waals surface area contributed by atoms with Gasteiger partial charge in [-0.15, -0.1) is 0 Å². The fourth-order valence-corrected chi connectivity index (χ4v) is 6.79. The van der Waals surface area contributed by atoms with Crippen LogP contribution in [0.3, 0.4) is 0 Å². The number of allylic oxidation sites excluding steroid dienone is 4. The number of benzene rings is 6. The van der Waals surface area contributed by atoms with Gasteiger partial charge in [-0.3, -0.25) is 0 Å². The van der Waals surface area contributed by atoms with Gasteiger partial charge in [0.1, 0.15) is 0 Å². The summed E-state index contributed by atoms with van der Waals surface area (Å²) in [5.74, 6) is 0. The lowest BCUT2D eigenvalue weighted by Gasteiger charge is -2.18. The van der Waals surface area contributed by atoms with Crippen LogP contribution in [0.2, 0.25) is 0 Å². The molecule has 0 bridgehead atoms. The first kappa shape index (κ1) is 26.7. The molecule has 0 fully saturated rings. The lowest BCUT2D eigenvalue weighted by Crippen LogP contribution is -2.31. The van der Waals surface area contributed by atoms with E-state index in [1.165, 1.54) is 76.5 Å². The highest BCUT2D eigenvalue weighted by molar-refractivity contribution is 6.02. The molecule has 0 heteroatoms. The van der Waals surface area contributed by atoms with Crippen molar-refractivity contribution in [2.75, 3.05) is 0 Å². The molecule has 0 aliphatic heterocycles. The van der Waals surface area contributed by atoms with Crippen LogP contribution in [0.25, 0.3) is 67.6 Å². The molecule has 0 atom stereocenters. The summed E-state index contributed by atoms with van der Waals surface area (Å²) in [6.45, 7) is 6.30. The molecule has 6 aromatic rings. The fraction of sp³-hybridized carbons (Fsp3) is 0.0698. The zero-order valence-electron chi connectivity index (χ0n) is 24.6. The molecule has 0 nitrogen and oxygen atoms in total. The summed E-state index contributed by atoms with van der Waals surface area (Å²) in [7, 11) is 0. The number of hydrogen-bond donors (Lipinski definition) is 0. The topological polar surface area (TPSA) is 0 Å². The van der Waals surface area contributed by atoms with E-state index in [-0.39, 0.29) is 0 Å². The molecule has 0 unspecified atom stereocenters. The summed E-state index contributed by atoms with van der Waals surface area (Å²) in [6, 6.07) is 42.0. The molecule has 0 heterocycles. The van der Waals surface area contributed by atoms with Gasteiger partial charge in [0.25, 0.3) is 0 Å². The first-order valence-electron chi connectivity index (χ1n) is 15.1. The molecule has 0 spiro atoms. The minimum absolute atomic E-state index is 0.857. The Hall–Kier alpha value is -5.20. The Balaban J connectivity index is 1.47. The largest absolute Gasteiger partial charge is 0.0990 e. The normalized spacial score (nSPS) is 13.7. The number of hydrogen-bond acceptors (Lipinski definition) is 0. The zero-order valence-corrected chi connectivity index (χ0v) is 24.6. The van der Waals surface area contributed by atoms with Crippen molar-refractivity contribution < 1.29 is 0 Å². The average molecular weight is 551 g/mol. The van der Waals surface area contributed by atoms with Gasteiger partial charge in [0.05, 0.1) is 0 Å². The quantitative estimate of drug-likeness (QED) is 0.200. The third-order valence-corrected chi connectivity index (χ3v) is 8.70. The van der Waals surface area contributed by atoms with Gasteiger partial charge in [-0.2, -0.15) is 0 Å². The number of fused-ring (bicyclic) bond motifs is 3. The predicted molar refractivity (Wildman–Crippen MR) is 188 cm³/mol. The standard InChI is InChI=1S/C43H34/c1-3-15-39-35(4-2)43(34-22-13-21-32(28-34)38-27-14-20-31-18-8-10-24-37(31)38)41-26-12-11-25-40(41)42(39)29-33-19-6-5-16-30-17-7-9-23-36(30)33/h3-5,7-28H,1,6,29H2,2H3/b35-4+,39-15+. The van der Waals surface area contributed by atoms with Gasteiger partial charge in [-0.1, -0.05) is 152 Å². The van der Waals surface area contributed by atoms with Gasteiger partial charge in [-0.05, 0) is 102 Å². The maximum atomic E-state index is 4.14. The van der Waals surface area contributed by atoms with Crippen LogP contribution in [0, 0.1) is 0 Å². The van der Waals surface area contributed by atoms with Crippen molar-refractivity contribution in [2.45, 2.75) is 19.8 Å². The monoisotopic (exact) mass is 550 g/mol. The second-order valence-electron chi connectivity index (χ2n) is 11.2. The summed E-state index contributed by atoms with van der Waals surface area (Å²) in [5.41, 5.74) is 10.3. The maximum absolute atomic E-state index is 4.14. The van der Waals surface area contributed by atoms with E-state index in [9.17, 15) is 0 Å². The highest BCUT2D eigenvalue weighted by Gasteiger charge is 2.17. The van der Waals surface area contributed by atoms with Gasteiger partial charge in [0, 0.05) is 0 Å². The first-order valence-corrected chi connectivity index (χ1v) is 15.1. The second-order valence-corrected chi connectivity index (χ2v) is 11.2. The SMILES string of the molecule is C=C/C=c1/c(CC2=CCC=Cc3ccccc32)c2ccccc2c(-c2cccc(-c3cccc4ccccc34)c2)/c1=C/C. The molecule has 0 radical (unpaired) electrons. The van der Waals surface area contributed by atoms with Crippen LogP contribution in [0.15, 0.2) is 140 Å². The minimum Gasteiger partial charge on any atom is -0.0990 e. The van der Waals surface area contributed by atoms with Crippen molar-refractivity contribution in [1.82, 2.24) is 0 Å². The van der Waals surface area contributed by atoms with E-state index in [1.807, 2.05) is 6.08 Å². The average Bonchev–Trinajstić information content (AvgIpc) is 3.27. The third kappa shape index (κ3) is 4.86. The summed E-state index contributed by atoms with van der Waals surface area (Å²) < 4.78 is 0. The van der Waals surface area contributed by atoms with E-state index >= 15 is 0 Å². The molecule has 0 N–H and O–H groups in total. The fourth-order valence-electron chi connectivity index (χ4n) is 6.79. The lowest BCUT2D eigenvalue weighted by atomic mass is 9.85. The van der Waals surface area contributed by atoms with Crippen LogP contribution in [-0.2, 0) is 6.42 Å². The van der Waals surface area contributed by atoms with Crippen LogP contribution in [0.4, 0.5) is 0 Å². The third-order valence-electron chi connectivity index (χ3n) is 8.70. The molecule has 6 aromatic carbocycles. The molecule has 1 aliphatic carbocycles. The summed E-state index contributed by atoms with van der Waals surface area (Å²) in [6.07, 6.45) is 15.1. The van der Waals surface area contributed by atoms with E-state index in [2.05, 4.69) is 159 Å². The van der Waals surface area contributed by atoms with Gasteiger partial charge in [0.15, 0.2) is 0 Å². The van der Waals surface area contributed by atoms with Crippen LogP contribution >= 0.6 is 0 Å². The van der Waals surface area contributed by atoms with Crippen LogP contribution in [0.1, 0.15) is 30.0 Å². The summed E-state index contributed by atoms with van der Waals surface area (Å²) in [5, 5.41) is 7.61. The van der Waals surface area contributed by atoms with E-state index in [1.54, 1.807) is 0 Å². The van der Waals surface area contributed by atoms with Crippen LogP contribution < -0.4 is 10.4 Å². The van der Waals surface area contributed by atoms with Crippen LogP contribution in [-0.4, -0.2) is 0 Å². The van der Waals surface area contributed by atoms with Crippen molar-refractivity contribution in [3.63, 3.8) is 0 Å². The molecule has 206 valence electrons. The minimum atomic E-state index is 0.857. The Morgan fingerprint density at radius 2 is 1.37 bits per heavy atom. The second kappa shape index (κ2) is 11.6. The smallest absolute Gasteiger partial charge is 0.00103 e. The van der Waals surface area contributed by atoms with E-state index < -0.39 is 0 Å². The predicted octanol–water partition coefficient (Wildman–Crippen LogP) is 10.1. The van der Waals surface area contributed by atoms with Gasteiger partial charge in [0.2, 0.25) is 0 Å². The molecular formula is C43H34. The summed E-state index contributed by atoms with van der Waals surface area (Å²) in [4.78, 5) is 0. The first-order chi connectivity index (χ1) is 21.3. The molecule has 1 aliphatic rings. The Morgan fingerprint density at radius 3 is 2.23 bits per heavy atom. The zero-order chi connectivity index (χ0) is 29.2. The molecular weight excluding hydrogens is 516 g/mol. The van der Waals surface area contributed by atoms with Gasteiger partial charge >= 0.3 is 0 Å².